The van der Waals surface area contributed by atoms with Crippen molar-refractivity contribution in [1.82, 2.24) is 4.90 Å². The number of aliphatic hydroxyl groups excluding tert-OH is 1. The van der Waals surface area contributed by atoms with Gasteiger partial charge in [0, 0.05) is 19.1 Å². The van der Waals surface area contributed by atoms with Gasteiger partial charge in [0.2, 0.25) is 5.91 Å². The Hall–Kier alpha value is -1.43. The van der Waals surface area contributed by atoms with Crippen molar-refractivity contribution in [3.05, 3.63) is 35.9 Å². The highest BCUT2D eigenvalue weighted by atomic mass is 16.5. The lowest BCUT2D eigenvalue weighted by atomic mass is 9.84. The van der Waals surface area contributed by atoms with Gasteiger partial charge in [-0.05, 0) is 12.5 Å². The largest absolute Gasteiger partial charge is 0.395 e. The lowest BCUT2D eigenvalue weighted by molar-refractivity contribution is -0.143. The summed E-state index contributed by atoms with van der Waals surface area (Å²) in [7, 11) is 0. The van der Waals surface area contributed by atoms with Gasteiger partial charge in [-0.3, -0.25) is 4.79 Å². The predicted octanol–water partition coefficient (Wildman–Crippen LogP) is 0.371. The van der Waals surface area contributed by atoms with E-state index in [9.17, 15) is 9.90 Å². The molecular weight excluding hydrogens is 256 g/mol. The van der Waals surface area contributed by atoms with Crippen molar-refractivity contribution in [1.29, 1.82) is 0 Å². The fourth-order valence-corrected chi connectivity index (χ4v) is 2.45. The van der Waals surface area contributed by atoms with Crippen molar-refractivity contribution < 1.29 is 14.6 Å². The van der Waals surface area contributed by atoms with E-state index in [1.165, 1.54) is 0 Å². The van der Waals surface area contributed by atoms with Crippen LogP contribution in [0, 0.1) is 5.41 Å². The Morgan fingerprint density at radius 2 is 2.20 bits per heavy atom. The molecule has 1 heterocycles. The lowest BCUT2D eigenvalue weighted by Gasteiger charge is -2.33. The third-order valence-corrected chi connectivity index (χ3v) is 3.88. The Balaban J connectivity index is 2.14. The summed E-state index contributed by atoms with van der Waals surface area (Å²) in [6, 6.07) is 9.43. The molecular formula is C15H22N2O3. The first-order chi connectivity index (χ1) is 9.58. The number of aliphatic hydroxyl groups is 1. The highest BCUT2D eigenvalue weighted by molar-refractivity contribution is 5.83. The molecule has 1 saturated heterocycles. The van der Waals surface area contributed by atoms with E-state index < -0.39 is 5.41 Å². The molecule has 20 heavy (non-hydrogen) atoms. The molecule has 0 aromatic heterocycles. The quantitative estimate of drug-likeness (QED) is 0.816. The van der Waals surface area contributed by atoms with E-state index >= 15 is 0 Å². The molecule has 1 amide bonds. The zero-order chi connectivity index (χ0) is 14.6. The molecule has 0 aliphatic carbocycles. The van der Waals surface area contributed by atoms with Crippen LogP contribution in [-0.4, -0.2) is 48.3 Å². The molecule has 1 aliphatic rings. The maximum Gasteiger partial charge on any atom is 0.232 e. The van der Waals surface area contributed by atoms with Crippen LogP contribution in [0.2, 0.25) is 0 Å². The van der Waals surface area contributed by atoms with Gasteiger partial charge in [0.1, 0.15) is 0 Å². The fraction of sp³-hybridized carbons (Fsp3) is 0.533. The van der Waals surface area contributed by atoms with E-state index in [-0.39, 0.29) is 18.6 Å². The Morgan fingerprint density at radius 1 is 1.50 bits per heavy atom. The Kier molecular flexibility index (Phi) is 4.75. The molecule has 0 saturated carbocycles. The Morgan fingerprint density at radius 3 is 2.75 bits per heavy atom. The van der Waals surface area contributed by atoms with Gasteiger partial charge < -0.3 is 20.5 Å². The molecule has 110 valence electrons. The molecule has 5 heteroatoms. The smallest absolute Gasteiger partial charge is 0.232 e. The molecule has 1 fully saturated rings. The van der Waals surface area contributed by atoms with Gasteiger partial charge >= 0.3 is 0 Å². The number of carbonyl (C=O) groups excluding carboxylic acids is 1. The van der Waals surface area contributed by atoms with Crippen LogP contribution in [0.25, 0.3) is 0 Å². The minimum Gasteiger partial charge on any atom is -0.395 e. The minimum absolute atomic E-state index is 0.0552. The first-order valence-corrected chi connectivity index (χ1v) is 6.85. The summed E-state index contributed by atoms with van der Waals surface area (Å²) >= 11 is 0. The lowest BCUT2D eigenvalue weighted by Crippen LogP contribution is -2.51. The average molecular weight is 278 g/mol. The summed E-state index contributed by atoms with van der Waals surface area (Å²) in [5.74, 6) is -0.0552. The standard InChI is InChI=1S/C15H22N2O3/c1-15(11-20-10-13(15)16)14(19)17(7-8-18)9-12-5-3-2-4-6-12/h2-6,13,18H,7-11,16H2,1H3. The number of nitrogens with two attached hydrogens (primary N) is 1. The Bertz CT molecular complexity index is 452. The summed E-state index contributed by atoms with van der Waals surface area (Å²) in [5, 5.41) is 9.20. The highest BCUT2D eigenvalue weighted by Crippen LogP contribution is 2.30. The number of ether oxygens (including phenoxy) is 1. The zero-order valence-electron chi connectivity index (χ0n) is 11.8. The van der Waals surface area contributed by atoms with Gasteiger partial charge in [-0.25, -0.2) is 0 Å². The number of nitrogens with zero attached hydrogens (tertiary/aromatic N) is 1. The van der Waals surface area contributed by atoms with Crippen LogP contribution < -0.4 is 5.73 Å². The summed E-state index contributed by atoms with van der Waals surface area (Å²) < 4.78 is 5.34. The molecule has 0 spiro atoms. The number of rotatable bonds is 5. The van der Waals surface area contributed by atoms with E-state index in [1.54, 1.807) is 4.90 Å². The summed E-state index contributed by atoms with van der Waals surface area (Å²) in [5.41, 5.74) is 6.33. The number of amides is 1. The molecule has 2 atom stereocenters. The van der Waals surface area contributed by atoms with Crippen molar-refractivity contribution in [2.24, 2.45) is 11.1 Å². The second-order valence-corrected chi connectivity index (χ2v) is 5.48. The number of benzene rings is 1. The highest BCUT2D eigenvalue weighted by Gasteiger charge is 2.46. The zero-order valence-corrected chi connectivity index (χ0v) is 11.8. The van der Waals surface area contributed by atoms with Crippen molar-refractivity contribution in [2.75, 3.05) is 26.4 Å². The molecule has 1 aromatic carbocycles. The van der Waals surface area contributed by atoms with Gasteiger partial charge in [-0.15, -0.1) is 0 Å². The van der Waals surface area contributed by atoms with Crippen molar-refractivity contribution in [2.45, 2.75) is 19.5 Å². The molecule has 3 N–H and O–H groups in total. The van der Waals surface area contributed by atoms with Crippen molar-refractivity contribution in [3.8, 4) is 0 Å². The third-order valence-electron chi connectivity index (χ3n) is 3.88. The minimum atomic E-state index is -0.704. The van der Waals surface area contributed by atoms with Crippen molar-refractivity contribution in [3.63, 3.8) is 0 Å². The fourth-order valence-electron chi connectivity index (χ4n) is 2.45. The van der Waals surface area contributed by atoms with E-state index in [2.05, 4.69) is 0 Å². The van der Waals surface area contributed by atoms with Crippen LogP contribution in [0.4, 0.5) is 0 Å². The van der Waals surface area contributed by atoms with E-state index in [0.717, 1.165) is 5.56 Å². The van der Waals surface area contributed by atoms with E-state index in [0.29, 0.717) is 26.3 Å². The van der Waals surface area contributed by atoms with Crippen molar-refractivity contribution >= 4 is 5.91 Å². The second-order valence-electron chi connectivity index (χ2n) is 5.48. The molecule has 0 radical (unpaired) electrons. The summed E-state index contributed by atoms with van der Waals surface area (Å²) in [6.07, 6.45) is 0. The first kappa shape index (κ1) is 15.0. The first-order valence-electron chi connectivity index (χ1n) is 6.85. The topological polar surface area (TPSA) is 75.8 Å². The van der Waals surface area contributed by atoms with Gasteiger partial charge in [-0.1, -0.05) is 30.3 Å². The summed E-state index contributed by atoms with van der Waals surface area (Å²) in [4.78, 5) is 14.4. The van der Waals surface area contributed by atoms with Gasteiger partial charge in [-0.2, -0.15) is 0 Å². The number of hydrogen-bond donors (Lipinski definition) is 2. The maximum absolute atomic E-state index is 12.7. The third kappa shape index (κ3) is 3.00. The monoisotopic (exact) mass is 278 g/mol. The molecule has 1 aromatic rings. The number of carbonyl (C=O) groups is 1. The molecule has 2 unspecified atom stereocenters. The Labute approximate surface area is 119 Å². The van der Waals surface area contributed by atoms with Crippen LogP contribution in [0.3, 0.4) is 0 Å². The average Bonchev–Trinajstić information content (AvgIpc) is 2.80. The van der Waals surface area contributed by atoms with Crippen LogP contribution >= 0.6 is 0 Å². The SMILES string of the molecule is CC1(C(=O)N(CCO)Cc2ccccc2)COCC1N. The molecule has 1 aliphatic heterocycles. The van der Waals surface area contributed by atoms with Gasteiger partial charge in [0.05, 0.1) is 25.2 Å². The van der Waals surface area contributed by atoms with Crippen LogP contribution in [0.15, 0.2) is 30.3 Å². The molecule has 2 rings (SSSR count). The predicted molar refractivity (Wildman–Crippen MR) is 75.8 cm³/mol. The van der Waals surface area contributed by atoms with Gasteiger partial charge in [0.15, 0.2) is 0 Å². The summed E-state index contributed by atoms with van der Waals surface area (Å²) in [6.45, 7) is 3.29. The molecule has 5 nitrogen and oxygen atoms in total. The van der Waals surface area contributed by atoms with Crippen LogP contribution in [0.1, 0.15) is 12.5 Å². The normalized spacial score (nSPS) is 25.6. The maximum atomic E-state index is 12.7. The van der Waals surface area contributed by atoms with E-state index in [4.69, 9.17) is 10.5 Å². The van der Waals surface area contributed by atoms with Crippen LogP contribution in [-0.2, 0) is 16.1 Å². The number of hydrogen-bond acceptors (Lipinski definition) is 4. The second kappa shape index (κ2) is 6.35. The van der Waals surface area contributed by atoms with Gasteiger partial charge in [0.25, 0.3) is 0 Å². The van der Waals surface area contributed by atoms with Crippen LogP contribution in [0.5, 0.6) is 0 Å². The molecule has 0 bridgehead atoms. The van der Waals surface area contributed by atoms with E-state index in [1.807, 2.05) is 37.3 Å².